The van der Waals surface area contributed by atoms with Crippen LogP contribution in [0.4, 0.5) is 4.39 Å². The van der Waals surface area contributed by atoms with Gasteiger partial charge in [0.25, 0.3) is 0 Å². The molecule has 0 fully saturated rings. The molecular weight excluding hydrogens is 191 g/mol. The topological polar surface area (TPSA) is 37.3 Å². The molecule has 1 N–H and O–H groups in total. The molecule has 0 saturated carbocycles. The summed E-state index contributed by atoms with van der Waals surface area (Å²) < 4.78 is 12.9. The fourth-order valence-corrected chi connectivity index (χ4v) is 0.940. The lowest BCUT2D eigenvalue weighted by molar-refractivity contribution is -0.131. The Labute approximate surface area is 80.1 Å². The number of benzene rings is 1. The fourth-order valence-electron chi connectivity index (χ4n) is 0.801. The number of thiol groups is 1. The molecule has 1 aromatic rings. The van der Waals surface area contributed by atoms with Crippen molar-refractivity contribution in [1.82, 2.24) is 0 Å². The van der Waals surface area contributed by atoms with Crippen LogP contribution in [0.5, 0.6) is 0 Å². The molecule has 1 rings (SSSR count). The van der Waals surface area contributed by atoms with Crippen LogP contribution in [0.2, 0.25) is 0 Å². The maximum absolute atomic E-state index is 12.9. The first-order valence-electron chi connectivity index (χ1n) is 3.50. The van der Waals surface area contributed by atoms with Gasteiger partial charge in [-0.25, -0.2) is 9.18 Å². The van der Waals surface area contributed by atoms with E-state index in [0.717, 1.165) is 0 Å². The van der Waals surface area contributed by atoms with Crippen LogP contribution in [-0.4, -0.2) is 11.1 Å². The van der Waals surface area contributed by atoms with E-state index in [4.69, 9.17) is 5.11 Å². The molecule has 0 bridgehead atoms. The van der Waals surface area contributed by atoms with Gasteiger partial charge in [0.05, 0.1) is 4.91 Å². The number of aliphatic carboxylic acids is 1. The molecular formula is C9H7FO2S. The number of carbonyl (C=O) groups is 1. The molecule has 0 aliphatic rings. The zero-order valence-corrected chi connectivity index (χ0v) is 7.46. The minimum absolute atomic E-state index is 0.190. The molecule has 68 valence electrons. The smallest absolute Gasteiger partial charge is 0.341 e. The van der Waals surface area contributed by atoms with Crippen LogP contribution in [0.3, 0.4) is 0 Å². The summed E-state index contributed by atoms with van der Waals surface area (Å²) >= 11 is 3.68. The van der Waals surface area contributed by atoms with Crippen molar-refractivity contribution >= 4 is 24.7 Å². The molecule has 0 aromatic heterocycles. The van der Waals surface area contributed by atoms with Gasteiger partial charge in [-0.15, -0.1) is 12.6 Å². The summed E-state index contributed by atoms with van der Waals surface area (Å²) in [5, 5.41) is 8.47. The maximum Gasteiger partial charge on any atom is 0.341 e. The van der Waals surface area contributed by atoms with E-state index in [-0.39, 0.29) is 10.5 Å². The van der Waals surface area contributed by atoms with Crippen molar-refractivity contribution in [2.75, 3.05) is 0 Å². The molecule has 0 saturated heterocycles. The zero-order chi connectivity index (χ0) is 9.84. The Morgan fingerprint density at radius 1 is 1.46 bits per heavy atom. The van der Waals surface area contributed by atoms with Crippen LogP contribution in [-0.2, 0) is 4.79 Å². The second-order valence-electron chi connectivity index (χ2n) is 2.36. The molecule has 0 aliphatic carbocycles. The Balaban J connectivity index is 3.04. The highest BCUT2D eigenvalue weighted by Gasteiger charge is 2.03. The second-order valence-corrected chi connectivity index (χ2v) is 2.84. The largest absolute Gasteiger partial charge is 0.477 e. The summed E-state index contributed by atoms with van der Waals surface area (Å²) in [6.07, 6.45) is 1.17. The van der Waals surface area contributed by atoms with Crippen LogP contribution in [0.15, 0.2) is 29.2 Å². The highest BCUT2D eigenvalue weighted by Crippen LogP contribution is 2.13. The van der Waals surface area contributed by atoms with E-state index in [2.05, 4.69) is 12.6 Å². The lowest BCUT2D eigenvalue weighted by atomic mass is 10.2. The first-order chi connectivity index (χ1) is 6.11. The molecule has 13 heavy (non-hydrogen) atoms. The van der Waals surface area contributed by atoms with Crippen LogP contribution in [0.1, 0.15) is 5.56 Å². The van der Waals surface area contributed by atoms with Crippen LogP contribution in [0.25, 0.3) is 6.08 Å². The third kappa shape index (κ3) is 2.59. The van der Waals surface area contributed by atoms with E-state index >= 15 is 0 Å². The minimum atomic E-state index is -1.17. The van der Waals surface area contributed by atoms with Gasteiger partial charge in [-0.05, 0) is 12.1 Å². The normalized spacial score (nSPS) is 11.4. The van der Waals surface area contributed by atoms with Crippen LogP contribution >= 0.6 is 12.6 Å². The summed E-state index contributed by atoms with van der Waals surface area (Å²) in [7, 11) is 0. The third-order valence-electron chi connectivity index (χ3n) is 1.42. The Hall–Kier alpha value is -1.29. The van der Waals surface area contributed by atoms with E-state index in [1.54, 1.807) is 6.07 Å². The monoisotopic (exact) mass is 198 g/mol. The summed E-state index contributed by atoms with van der Waals surface area (Å²) in [6.45, 7) is 0. The molecule has 0 atom stereocenters. The number of hydrogen-bond donors (Lipinski definition) is 2. The molecule has 0 amide bonds. The number of carboxylic acids is 1. The standard InChI is InChI=1S/C9H7FO2S/c10-7-4-2-1-3-6(7)5-8(13)9(11)12/h1-5,13H,(H,11,12)/b8-5-. The highest BCUT2D eigenvalue weighted by molar-refractivity contribution is 7.85. The van der Waals surface area contributed by atoms with Crippen molar-refractivity contribution < 1.29 is 14.3 Å². The van der Waals surface area contributed by atoms with E-state index < -0.39 is 11.8 Å². The molecule has 1 aromatic carbocycles. The average Bonchev–Trinajstić information content (AvgIpc) is 2.08. The Morgan fingerprint density at radius 2 is 2.08 bits per heavy atom. The van der Waals surface area contributed by atoms with Gasteiger partial charge < -0.3 is 5.11 Å². The van der Waals surface area contributed by atoms with Gasteiger partial charge in [-0.3, -0.25) is 0 Å². The lowest BCUT2D eigenvalue weighted by Gasteiger charge is -1.96. The SMILES string of the molecule is O=C(O)/C(S)=C/c1ccccc1F. The first kappa shape index (κ1) is 9.80. The summed E-state index contributed by atoms with van der Waals surface area (Å²) in [4.78, 5) is 10.2. The van der Waals surface area contributed by atoms with Crippen molar-refractivity contribution in [3.63, 3.8) is 0 Å². The summed E-state index contributed by atoms with van der Waals surface area (Å²) in [5.41, 5.74) is 0.218. The average molecular weight is 198 g/mol. The Morgan fingerprint density at radius 3 is 2.62 bits per heavy atom. The first-order valence-corrected chi connectivity index (χ1v) is 3.94. The molecule has 0 spiro atoms. The van der Waals surface area contributed by atoms with Gasteiger partial charge in [-0.2, -0.15) is 0 Å². The van der Waals surface area contributed by atoms with E-state index in [0.29, 0.717) is 0 Å². The van der Waals surface area contributed by atoms with Crippen LogP contribution in [0, 0.1) is 5.82 Å². The highest BCUT2D eigenvalue weighted by atomic mass is 32.1. The zero-order valence-electron chi connectivity index (χ0n) is 6.57. The van der Waals surface area contributed by atoms with Crippen molar-refractivity contribution in [1.29, 1.82) is 0 Å². The van der Waals surface area contributed by atoms with Crippen molar-refractivity contribution in [2.45, 2.75) is 0 Å². The van der Waals surface area contributed by atoms with E-state index in [1.165, 1.54) is 24.3 Å². The number of carboxylic acid groups (broad SMARTS) is 1. The quantitative estimate of drug-likeness (QED) is 0.564. The van der Waals surface area contributed by atoms with Gasteiger partial charge in [0.1, 0.15) is 5.82 Å². The van der Waals surface area contributed by atoms with Gasteiger partial charge in [0.2, 0.25) is 0 Å². The number of halogens is 1. The third-order valence-corrected chi connectivity index (χ3v) is 1.74. The van der Waals surface area contributed by atoms with E-state index in [1.807, 2.05) is 0 Å². The van der Waals surface area contributed by atoms with Gasteiger partial charge in [0, 0.05) is 5.56 Å². The summed E-state index contributed by atoms with van der Waals surface area (Å²) in [6, 6.07) is 5.90. The Bertz CT molecular complexity index is 360. The van der Waals surface area contributed by atoms with Gasteiger partial charge >= 0.3 is 5.97 Å². The van der Waals surface area contributed by atoms with Gasteiger partial charge in [-0.1, -0.05) is 18.2 Å². The molecule has 0 unspecified atom stereocenters. The molecule has 0 heterocycles. The predicted molar refractivity (Wildman–Crippen MR) is 51.0 cm³/mol. The van der Waals surface area contributed by atoms with Crippen molar-refractivity contribution in [2.24, 2.45) is 0 Å². The lowest BCUT2D eigenvalue weighted by Crippen LogP contribution is -1.93. The molecule has 0 radical (unpaired) electrons. The predicted octanol–water partition coefficient (Wildman–Crippen LogP) is 2.18. The van der Waals surface area contributed by atoms with Crippen molar-refractivity contribution in [3.05, 3.63) is 40.6 Å². The van der Waals surface area contributed by atoms with E-state index in [9.17, 15) is 9.18 Å². The number of hydrogen-bond acceptors (Lipinski definition) is 2. The van der Waals surface area contributed by atoms with Gasteiger partial charge in [0.15, 0.2) is 0 Å². The second kappa shape index (κ2) is 4.09. The maximum atomic E-state index is 12.9. The van der Waals surface area contributed by atoms with Crippen molar-refractivity contribution in [3.8, 4) is 0 Å². The van der Waals surface area contributed by atoms with Crippen LogP contribution < -0.4 is 0 Å². The molecule has 4 heteroatoms. The fraction of sp³-hybridized carbons (Fsp3) is 0. The minimum Gasteiger partial charge on any atom is -0.477 e. The summed E-state index contributed by atoms with van der Waals surface area (Å²) in [5.74, 6) is -1.64. The number of rotatable bonds is 2. The molecule has 2 nitrogen and oxygen atoms in total. The molecule has 0 aliphatic heterocycles. The Kier molecular flexibility index (Phi) is 3.08.